The molecule has 0 spiro atoms. The van der Waals surface area contributed by atoms with Crippen molar-refractivity contribution < 1.29 is 9.59 Å². The largest absolute Gasteiger partial charge is 0.349 e. The molecule has 5 nitrogen and oxygen atoms in total. The monoisotopic (exact) mass is 373 g/mol. The first kappa shape index (κ1) is 19.9. The van der Waals surface area contributed by atoms with E-state index in [0.29, 0.717) is 5.02 Å². The van der Waals surface area contributed by atoms with Crippen molar-refractivity contribution in [1.29, 1.82) is 0 Å². The van der Waals surface area contributed by atoms with Crippen molar-refractivity contribution in [1.82, 2.24) is 10.2 Å². The summed E-state index contributed by atoms with van der Waals surface area (Å²) in [5.41, 5.74) is 2.69. The molecule has 0 aromatic heterocycles. The van der Waals surface area contributed by atoms with E-state index in [-0.39, 0.29) is 18.2 Å². The third kappa shape index (κ3) is 6.50. The SMILES string of the molecule is CC(=O)NC(CC(=O)Nc1cccc(CN(C)C)c1)c1ccc(Cl)cc1. The zero-order valence-corrected chi connectivity index (χ0v) is 16.0. The first-order valence-electron chi connectivity index (χ1n) is 8.39. The Balaban J connectivity index is 2.07. The van der Waals surface area contributed by atoms with Crippen molar-refractivity contribution in [3.05, 3.63) is 64.7 Å². The zero-order chi connectivity index (χ0) is 19.1. The number of benzene rings is 2. The number of hydrogen-bond donors (Lipinski definition) is 2. The predicted molar refractivity (Wildman–Crippen MR) is 105 cm³/mol. The lowest BCUT2D eigenvalue weighted by Crippen LogP contribution is -2.29. The highest BCUT2D eigenvalue weighted by molar-refractivity contribution is 6.30. The summed E-state index contributed by atoms with van der Waals surface area (Å²) in [6, 6.07) is 14.4. The molecule has 1 atom stereocenters. The van der Waals surface area contributed by atoms with Gasteiger partial charge in [0, 0.05) is 24.2 Å². The molecule has 2 aromatic rings. The average molecular weight is 374 g/mol. The predicted octanol–water partition coefficient (Wildman–Crippen LogP) is 3.61. The summed E-state index contributed by atoms with van der Waals surface area (Å²) in [4.78, 5) is 26.1. The van der Waals surface area contributed by atoms with E-state index in [1.54, 1.807) is 12.1 Å². The van der Waals surface area contributed by atoms with Crippen LogP contribution in [0.2, 0.25) is 5.02 Å². The molecule has 0 aliphatic carbocycles. The Morgan fingerprint density at radius 3 is 2.42 bits per heavy atom. The van der Waals surface area contributed by atoms with Crippen molar-refractivity contribution in [3.8, 4) is 0 Å². The normalized spacial score (nSPS) is 11.9. The lowest BCUT2D eigenvalue weighted by molar-refractivity contribution is -0.120. The summed E-state index contributed by atoms with van der Waals surface area (Å²) in [6.07, 6.45) is 0.138. The smallest absolute Gasteiger partial charge is 0.226 e. The van der Waals surface area contributed by atoms with Gasteiger partial charge in [0.1, 0.15) is 0 Å². The van der Waals surface area contributed by atoms with E-state index < -0.39 is 6.04 Å². The molecule has 2 N–H and O–H groups in total. The molecule has 1 unspecified atom stereocenters. The van der Waals surface area contributed by atoms with E-state index in [9.17, 15) is 9.59 Å². The molecule has 0 saturated heterocycles. The Bertz CT molecular complexity index is 760. The first-order chi connectivity index (χ1) is 12.3. The van der Waals surface area contributed by atoms with Crippen molar-refractivity contribution in [2.75, 3.05) is 19.4 Å². The van der Waals surface area contributed by atoms with E-state index in [0.717, 1.165) is 23.4 Å². The lowest BCUT2D eigenvalue weighted by atomic mass is 10.0. The molecule has 0 aliphatic heterocycles. The molecule has 0 fully saturated rings. The Kier molecular flexibility index (Phi) is 7.18. The number of anilines is 1. The fourth-order valence-electron chi connectivity index (χ4n) is 2.70. The third-order valence-electron chi connectivity index (χ3n) is 3.75. The fraction of sp³-hybridized carbons (Fsp3) is 0.300. The molecule has 2 aromatic carbocycles. The van der Waals surface area contributed by atoms with Crippen LogP contribution in [0.15, 0.2) is 48.5 Å². The second kappa shape index (κ2) is 9.36. The van der Waals surface area contributed by atoms with Crippen molar-refractivity contribution >= 4 is 29.1 Å². The lowest BCUT2D eigenvalue weighted by Gasteiger charge is -2.18. The maximum atomic E-state index is 12.5. The van der Waals surface area contributed by atoms with Crippen LogP contribution in [0.25, 0.3) is 0 Å². The molecule has 2 amide bonds. The zero-order valence-electron chi connectivity index (χ0n) is 15.3. The van der Waals surface area contributed by atoms with Gasteiger partial charge < -0.3 is 15.5 Å². The van der Waals surface area contributed by atoms with Crippen LogP contribution in [0.5, 0.6) is 0 Å². The first-order valence-corrected chi connectivity index (χ1v) is 8.77. The van der Waals surface area contributed by atoms with Gasteiger partial charge in [0.15, 0.2) is 0 Å². The topological polar surface area (TPSA) is 61.4 Å². The van der Waals surface area contributed by atoms with Crippen LogP contribution in [0.1, 0.15) is 30.5 Å². The van der Waals surface area contributed by atoms with Crippen molar-refractivity contribution in [3.63, 3.8) is 0 Å². The number of amides is 2. The van der Waals surface area contributed by atoms with Gasteiger partial charge in [-0.25, -0.2) is 0 Å². The number of nitrogens with one attached hydrogen (secondary N) is 2. The summed E-state index contributed by atoms with van der Waals surface area (Å²) in [5, 5.41) is 6.33. The number of hydrogen-bond acceptors (Lipinski definition) is 3. The van der Waals surface area contributed by atoms with Crippen LogP contribution < -0.4 is 10.6 Å². The van der Waals surface area contributed by atoms with Crippen LogP contribution >= 0.6 is 11.6 Å². The number of carbonyl (C=O) groups excluding carboxylic acids is 2. The van der Waals surface area contributed by atoms with Gasteiger partial charge in [-0.15, -0.1) is 0 Å². The Hall–Kier alpha value is -2.37. The molecule has 0 aliphatic rings. The van der Waals surface area contributed by atoms with Gasteiger partial charge in [-0.3, -0.25) is 9.59 Å². The molecule has 0 bridgehead atoms. The maximum absolute atomic E-state index is 12.5. The fourth-order valence-corrected chi connectivity index (χ4v) is 2.83. The Morgan fingerprint density at radius 2 is 1.81 bits per heavy atom. The highest BCUT2D eigenvalue weighted by Gasteiger charge is 2.17. The second-order valence-electron chi connectivity index (χ2n) is 6.50. The van der Waals surface area contributed by atoms with Gasteiger partial charge in [-0.2, -0.15) is 0 Å². The van der Waals surface area contributed by atoms with Gasteiger partial charge in [-0.1, -0.05) is 35.9 Å². The molecule has 0 heterocycles. The van der Waals surface area contributed by atoms with E-state index in [4.69, 9.17) is 11.6 Å². The molecule has 6 heteroatoms. The van der Waals surface area contributed by atoms with E-state index in [1.165, 1.54) is 6.92 Å². The number of rotatable bonds is 7. The highest BCUT2D eigenvalue weighted by Crippen LogP contribution is 2.21. The van der Waals surface area contributed by atoms with Crippen LogP contribution in [0, 0.1) is 0 Å². The third-order valence-corrected chi connectivity index (χ3v) is 4.00. The number of halogens is 1. The summed E-state index contributed by atoms with van der Waals surface area (Å²) >= 11 is 5.92. The summed E-state index contributed by atoms with van der Waals surface area (Å²) in [6.45, 7) is 2.23. The standard InChI is InChI=1S/C20H24ClN3O2/c1-14(25)22-19(16-7-9-17(21)10-8-16)12-20(26)23-18-6-4-5-15(11-18)13-24(2)3/h4-11,19H,12-13H2,1-3H3,(H,22,25)(H,23,26). The average Bonchev–Trinajstić information content (AvgIpc) is 2.54. The van der Waals surface area contributed by atoms with Gasteiger partial charge in [0.25, 0.3) is 0 Å². The van der Waals surface area contributed by atoms with E-state index in [2.05, 4.69) is 15.5 Å². The molecule has 26 heavy (non-hydrogen) atoms. The van der Waals surface area contributed by atoms with Crippen molar-refractivity contribution in [2.45, 2.75) is 25.9 Å². The highest BCUT2D eigenvalue weighted by atomic mass is 35.5. The van der Waals surface area contributed by atoms with Crippen molar-refractivity contribution in [2.24, 2.45) is 0 Å². The summed E-state index contributed by atoms with van der Waals surface area (Å²) < 4.78 is 0. The summed E-state index contributed by atoms with van der Waals surface area (Å²) in [7, 11) is 3.99. The maximum Gasteiger partial charge on any atom is 0.226 e. The van der Waals surface area contributed by atoms with Gasteiger partial charge in [0.05, 0.1) is 12.5 Å². The minimum absolute atomic E-state index is 0.138. The van der Waals surface area contributed by atoms with Gasteiger partial charge >= 0.3 is 0 Å². The Morgan fingerprint density at radius 1 is 1.12 bits per heavy atom. The molecular weight excluding hydrogens is 350 g/mol. The second-order valence-corrected chi connectivity index (χ2v) is 6.93. The van der Waals surface area contributed by atoms with Crippen LogP contribution in [-0.4, -0.2) is 30.8 Å². The molecule has 138 valence electrons. The summed E-state index contributed by atoms with van der Waals surface area (Å²) in [5.74, 6) is -0.355. The quantitative estimate of drug-likeness (QED) is 0.779. The van der Waals surface area contributed by atoms with Crippen LogP contribution in [0.3, 0.4) is 0 Å². The van der Waals surface area contributed by atoms with E-state index in [1.807, 2.05) is 50.5 Å². The Labute approximate surface area is 159 Å². The molecule has 2 rings (SSSR count). The number of carbonyl (C=O) groups is 2. The molecular formula is C20H24ClN3O2. The number of nitrogens with zero attached hydrogens (tertiary/aromatic N) is 1. The molecule has 0 saturated carbocycles. The van der Waals surface area contributed by atoms with Crippen LogP contribution in [0.4, 0.5) is 5.69 Å². The molecule has 0 radical (unpaired) electrons. The van der Waals surface area contributed by atoms with Gasteiger partial charge in [0.2, 0.25) is 11.8 Å². The minimum Gasteiger partial charge on any atom is -0.349 e. The minimum atomic E-state index is -0.408. The van der Waals surface area contributed by atoms with Gasteiger partial charge in [-0.05, 0) is 49.5 Å². The van der Waals surface area contributed by atoms with E-state index >= 15 is 0 Å². The van der Waals surface area contributed by atoms with Crippen LogP contribution in [-0.2, 0) is 16.1 Å².